The Morgan fingerprint density at radius 2 is 2.17 bits per heavy atom. The molecule has 0 aliphatic heterocycles. The molecule has 1 aromatic carbocycles. The fourth-order valence-electron chi connectivity index (χ4n) is 1.75. The molecular formula is C11H14ClFN2O2S. The summed E-state index contributed by atoms with van der Waals surface area (Å²) in [5, 5.41) is -0.214. The Balaban J connectivity index is 2.21. The van der Waals surface area contributed by atoms with Gasteiger partial charge in [0.25, 0.3) is 0 Å². The maximum atomic E-state index is 13.0. The van der Waals surface area contributed by atoms with Crippen LogP contribution in [0.15, 0.2) is 23.1 Å². The highest BCUT2D eigenvalue weighted by atomic mass is 35.5. The molecule has 0 radical (unpaired) electrons. The quantitative estimate of drug-likeness (QED) is 0.864. The van der Waals surface area contributed by atoms with E-state index in [1.165, 1.54) is 6.07 Å². The zero-order chi connectivity index (χ0) is 13.3. The summed E-state index contributed by atoms with van der Waals surface area (Å²) in [6.07, 6.45) is 1.96. The monoisotopic (exact) mass is 292 g/mol. The Labute approximate surface area is 110 Å². The van der Waals surface area contributed by atoms with Crippen LogP contribution in [0.2, 0.25) is 5.02 Å². The van der Waals surface area contributed by atoms with Gasteiger partial charge in [-0.15, -0.1) is 0 Å². The van der Waals surface area contributed by atoms with E-state index in [0.29, 0.717) is 5.92 Å². The van der Waals surface area contributed by atoms with Gasteiger partial charge in [-0.05, 0) is 37.0 Å². The first-order valence-corrected chi connectivity index (χ1v) is 7.47. The molecule has 0 amide bonds. The second-order valence-electron chi connectivity index (χ2n) is 4.38. The fraction of sp³-hybridized carbons (Fsp3) is 0.455. The number of nitrogens with two attached hydrogens (primary N) is 1. The fourth-order valence-corrected chi connectivity index (χ4v) is 3.34. The molecule has 0 aromatic heterocycles. The van der Waals surface area contributed by atoms with E-state index in [0.717, 1.165) is 25.0 Å². The van der Waals surface area contributed by atoms with Crippen LogP contribution in [0, 0.1) is 11.7 Å². The largest absolute Gasteiger partial charge is 0.329 e. The lowest BCUT2D eigenvalue weighted by Gasteiger charge is -2.16. The van der Waals surface area contributed by atoms with Crippen molar-refractivity contribution < 1.29 is 12.8 Å². The standard InChI is InChI=1S/C11H14ClFN2O2S/c12-9-5-8(3-4-10(9)13)18(16,17)15-11(6-14)7-1-2-7/h3-5,7,11,15H,1-2,6,14H2. The molecule has 0 heterocycles. The minimum atomic E-state index is -3.70. The Morgan fingerprint density at radius 1 is 1.50 bits per heavy atom. The lowest BCUT2D eigenvalue weighted by molar-refractivity contribution is 0.519. The SMILES string of the molecule is NCC(NS(=O)(=O)c1ccc(F)c(Cl)c1)C1CC1. The van der Waals surface area contributed by atoms with Crippen molar-refractivity contribution in [3.05, 3.63) is 29.0 Å². The lowest BCUT2D eigenvalue weighted by Crippen LogP contribution is -2.41. The van der Waals surface area contributed by atoms with Crippen molar-refractivity contribution in [3.8, 4) is 0 Å². The molecule has 1 aliphatic rings. The van der Waals surface area contributed by atoms with Gasteiger partial charge in [-0.2, -0.15) is 0 Å². The molecule has 1 atom stereocenters. The average molecular weight is 293 g/mol. The van der Waals surface area contributed by atoms with Crippen molar-refractivity contribution in [1.82, 2.24) is 4.72 Å². The van der Waals surface area contributed by atoms with Crippen LogP contribution in [0.5, 0.6) is 0 Å². The Morgan fingerprint density at radius 3 is 2.67 bits per heavy atom. The summed E-state index contributed by atoms with van der Waals surface area (Å²) in [6, 6.07) is 3.05. The normalized spacial score (nSPS) is 17.7. The molecule has 0 bridgehead atoms. The van der Waals surface area contributed by atoms with Gasteiger partial charge in [0.2, 0.25) is 10.0 Å². The molecule has 18 heavy (non-hydrogen) atoms. The van der Waals surface area contributed by atoms with Crippen molar-refractivity contribution in [3.63, 3.8) is 0 Å². The maximum absolute atomic E-state index is 13.0. The predicted octanol–water partition coefficient (Wildman–Crippen LogP) is 1.49. The first-order chi connectivity index (χ1) is 8.44. The summed E-state index contributed by atoms with van der Waals surface area (Å²) in [7, 11) is -3.70. The van der Waals surface area contributed by atoms with Gasteiger partial charge in [-0.1, -0.05) is 11.6 Å². The van der Waals surface area contributed by atoms with Gasteiger partial charge in [0, 0.05) is 12.6 Å². The molecule has 1 fully saturated rings. The Kier molecular flexibility index (Phi) is 3.91. The maximum Gasteiger partial charge on any atom is 0.240 e. The first-order valence-electron chi connectivity index (χ1n) is 5.61. The van der Waals surface area contributed by atoms with E-state index < -0.39 is 15.8 Å². The third kappa shape index (κ3) is 3.00. The molecule has 1 aromatic rings. The summed E-state index contributed by atoms with van der Waals surface area (Å²) in [5.74, 6) is -0.339. The Hall–Kier alpha value is -0.690. The van der Waals surface area contributed by atoms with Crippen molar-refractivity contribution >= 4 is 21.6 Å². The van der Waals surface area contributed by atoms with E-state index in [1.807, 2.05) is 0 Å². The summed E-state index contributed by atoms with van der Waals surface area (Å²) in [4.78, 5) is -0.0481. The van der Waals surface area contributed by atoms with Crippen molar-refractivity contribution in [2.75, 3.05) is 6.54 Å². The number of hydrogen-bond acceptors (Lipinski definition) is 3. The minimum Gasteiger partial charge on any atom is -0.329 e. The van der Waals surface area contributed by atoms with Gasteiger partial charge < -0.3 is 5.73 Å². The molecule has 100 valence electrons. The van der Waals surface area contributed by atoms with Crippen LogP contribution in [0.25, 0.3) is 0 Å². The highest BCUT2D eigenvalue weighted by molar-refractivity contribution is 7.89. The van der Waals surface area contributed by atoms with Gasteiger partial charge in [-0.3, -0.25) is 0 Å². The molecule has 0 spiro atoms. The summed E-state index contributed by atoms with van der Waals surface area (Å²) in [6.45, 7) is 0.249. The third-order valence-electron chi connectivity index (χ3n) is 2.95. The van der Waals surface area contributed by atoms with Crippen LogP contribution < -0.4 is 10.5 Å². The summed E-state index contributed by atoms with van der Waals surface area (Å²) in [5.41, 5.74) is 5.54. The van der Waals surface area contributed by atoms with E-state index in [-0.39, 0.29) is 22.5 Å². The second-order valence-corrected chi connectivity index (χ2v) is 6.50. The van der Waals surface area contributed by atoms with Gasteiger partial charge in [0.1, 0.15) is 5.82 Å². The molecule has 2 rings (SSSR count). The summed E-state index contributed by atoms with van der Waals surface area (Å²) < 4.78 is 39.6. The van der Waals surface area contributed by atoms with Crippen LogP contribution in [0.4, 0.5) is 4.39 Å². The Bertz CT molecular complexity index is 546. The number of sulfonamides is 1. The van der Waals surface area contributed by atoms with Crippen molar-refractivity contribution in [1.29, 1.82) is 0 Å². The van der Waals surface area contributed by atoms with Crippen LogP contribution in [-0.2, 0) is 10.0 Å². The van der Waals surface area contributed by atoms with E-state index in [1.54, 1.807) is 0 Å². The molecule has 7 heteroatoms. The minimum absolute atomic E-state index is 0.0481. The number of rotatable bonds is 5. The average Bonchev–Trinajstić information content (AvgIpc) is 3.13. The zero-order valence-corrected chi connectivity index (χ0v) is 11.1. The first kappa shape index (κ1) is 13.7. The molecule has 1 aliphatic carbocycles. The topological polar surface area (TPSA) is 72.2 Å². The smallest absolute Gasteiger partial charge is 0.240 e. The van der Waals surface area contributed by atoms with E-state index >= 15 is 0 Å². The zero-order valence-electron chi connectivity index (χ0n) is 9.57. The molecule has 4 nitrogen and oxygen atoms in total. The molecule has 3 N–H and O–H groups in total. The van der Waals surface area contributed by atoms with Crippen molar-refractivity contribution in [2.24, 2.45) is 11.7 Å². The number of hydrogen-bond donors (Lipinski definition) is 2. The van der Waals surface area contributed by atoms with Gasteiger partial charge in [0.15, 0.2) is 0 Å². The van der Waals surface area contributed by atoms with E-state index in [4.69, 9.17) is 17.3 Å². The van der Waals surface area contributed by atoms with Gasteiger partial charge in [0.05, 0.1) is 9.92 Å². The third-order valence-corrected chi connectivity index (χ3v) is 4.73. The van der Waals surface area contributed by atoms with Crippen molar-refractivity contribution in [2.45, 2.75) is 23.8 Å². The molecule has 1 unspecified atom stereocenters. The highest BCUT2D eigenvalue weighted by Gasteiger charge is 2.33. The second kappa shape index (κ2) is 5.13. The van der Waals surface area contributed by atoms with Crippen LogP contribution in [0.3, 0.4) is 0 Å². The molecule has 0 saturated heterocycles. The van der Waals surface area contributed by atoms with E-state index in [9.17, 15) is 12.8 Å². The van der Waals surface area contributed by atoms with E-state index in [2.05, 4.69) is 4.72 Å². The number of halogens is 2. The summed E-state index contributed by atoms with van der Waals surface area (Å²) >= 11 is 5.57. The predicted molar refractivity (Wildman–Crippen MR) is 67.3 cm³/mol. The molecular weight excluding hydrogens is 279 g/mol. The highest BCUT2D eigenvalue weighted by Crippen LogP contribution is 2.33. The lowest BCUT2D eigenvalue weighted by atomic mass is 10.2. The van der Waals surface area contributed by atoms with Gasteiger partial charge >= 0.3 is 0 Å². The number of nitrogens with one attached hydrogen (secondary N) is 1. The van der Waals surface area contributed by atoms with Gasteiger partial charge in [-0.25, -0.2) is 17.5 Å². The van der Waals surface area contributed by atoms with Crippen LogP contribution in [-0.4, -0.2) is 21.0 Å². The number of benzene rings is 1. The molecule has 1 saturated carbocycles. The van der Waals surface area contributed by atoms with Crippen LogP contribution in [0.1, 0.15) is 12.8 Å². The van der Waals surface area contributed by atoms with Crippen LogP contribution >= 0.6 is 11.6 Å².